The maximum absolute atomic E-state index is 11.2. The van der Waals surface area contributed by atoms with Crippen molar-refractivity contribution in [2.75, 3.05) is 32.8 Å². The molecule has 5 nitrogen and oxygen atoms in total. The molecule has 118 valence electrons. The van der Waals surface area contributed by atoms with Gasteiger partial charge in [-0.3, -0.25) is 9.69 Å². The molecule has 3 aliphatic heterocycles. The van der Waals surface area contributed by atoms with Gasteiger partial charge in [0.2, 0.25) is 5.91 Å². The minimum absolute atomic E-state index is 0.00779. The number of likely N-dealkylation sites (tertiary alicyclic amines) is 1. The van der Waals surface area contributed by atoms with Crippen molar-refractivity contribution in [3.63, 3.8) is 0 Å². The average molecular weight is 302 g/mol. The number of fused-ring (bicyclic) bond motifs is 1. The SMILES string of the molecule is O=C1COC2(CCN(Cc3ccc4c(c3)CCO4)CC2)CN1. The van der Waals surface area contributed by atoms with Gasteiger partial charge < -0.3 is 14.8 Å². The second-order valence-electron chi connectivity index (χ2n) is 6.57. The zero-order chi connectivity index (χ0) is 15.0. The number of nitrogens with zero attached hydrogens (tertiary/aromatic N) is 1. The number of rotatable bonds is 2. The van der Waals surface area contributed by atoms with E-state index in [0.29, 0.717) is 6.54 Å². The summed E-state index contributed by atoms with van der Waals surface area (Å²) in [6, 6.07) is 6.55. The van der Waals surface area contributed by atoms with Gasteiger partial charge in [-0.2, -0.15) is 0 Å². The molecule has 1 N–H and O–H groups in total. The largest absolute Gasteiger partial charge is 0.493 e. The van der Waals surface area contributed by atoms with E-state index in [0.717, 1.165) is 51.3 Å². The van der Waals surface area contributed by atoms with Crippen LogP contribution in [0.4, 0.5) is 0 Å². The molecular weight excluding hydrogens is 280 g/mol. The molecule has 3 heterocycles. The summed E-state index contributed by atoms with van der Waals surface area (Å²) in [5, 5.41) is 2.94. The van der Waals surface area contributed by atoms with Crippen molar-refractivity contribution < 1.29 is 14.3 Å². The molecule has 2 fully saturated rings. The number of benzene rings is 1. The molecule has 0 aliphatic carbocycles. The molecule has 1 aromatic rings. The van der Waals surface area contributed by atoms with Gasteiger partial charge in [0.1, 0.15) is 12.4 Å². The highest BCUT2D eigenvalue weighted by Gasteiger charge is 2.38. The highest BCUT2D eigenvalue weighted by molar-refractivity contribution is 5.78. The van der Waals surface area contributed by atoms with E-state index in [1.807, 2.05) is 0 Å². The molecule has 1 amide bonds. The van der Waals surface area contributed by atoms with Crippen LogP contribution >= 0.6 is 0 Å². The Morgan fingerprint density at radius 1 is 1.27 bits per heavy atom. The first-order valence-corrected chi connectivity index (χ1v) is 8.10. The summed E-state index contributed by atoms with van der Waals surface area (Å²) >= 11 is 0. The van der Waals surface area contributed by atoms with Crippen LogP contribution in [0, 0.1) is 0 Å². The third kappa shape index (κ3) is 2.71. The molecular formula is C17H22N2O3. The fourth-order valence-corrected chi connectivity index (χ4v) is 3.62. The van der Waals surface area contributed by atoms with Crippen molar-refractivity contribution in [3.8, 4) is 5.75 Å². The maximum Gasteiger partial charge on any atom is 0.246 e. The topological polar surface area (TPSA) is 50.8 Å². The Bertz CT molecular complexity index is 567. The average Bonchev–Trinajstić information content (AvgIpc) is 3.00. The third-order valence-electron chi connectivity index (χ3n) is 5.04. The normalized spacial score (nSPS) is 23.9. The van der Waals surface area contributed by atoms with E-state index >= 15 is 0 Å². The number of hydrogen-bond donors (Lipinski definition) is 1. The molecule has 0 bridgehead atoms. The highest BCUT2D eigenvalue weighted by Crippen LogP contribution is 2.30. The smallest absolute Gasteiger partial charge is 0.246 e. The van der Waals surface area contributed by atoms with Gasteiger partial charge in [0.05, 0.1) is 12.2 Å². The molecule has 0 unspecified atom stereocenters. The van der Waals surface area contributed by atoms with Crippen LogP contribution in [0.25, 0.3) is 0 Å². The molecule has 0 radical (unpaired) electrons. The lowest BCUT2D eigenvalue weighted by Gasteiger charge is -2.43. The number of carbonyl (C=O) groups is 1. The predicted molar refractivity (Wildman–Crippen MR) is 81.8 cm³/mol. The Kier molecular flexibility index (Phi) is 3.54. The Labute approximate surface area is 130 Å². The van der Waals surface area contributed by atoms with Crippen LogP contribution in [-0.4, -0.2) is 49.3 Å². The van der Waals surface area contributed by atoms with E-state index in [1.165, 1.54) is 11.1 Å². The van der Waals surface area contributed by atoms with Gasteiger partial charge in [0.25, 0.3) is 0 Å². The van der Waals surface area contributed by atoms with E-state index in [4.69, 9.17) is 9.47 Å². The van der Waals surface area contributed by atoms with Crippen molar-refractivity contribution >= 4 is 5.91 Å². The maximum atomic E-state index is 11.2. The second kappa shape index (κ2) is 5.56. The molecule has 22 heavy (non-hydrogen) atoms. The Morgan fingerprint density at radius 3 is 2.91 bits per heavy atom. The molecule has 4 rings (SSSR count). The minimum Gasteiger partial charge on any atom is -0.493 e. The summed E-state index contributed by atoms with van der Waals surface area (Å²) in [7, 11) is 0. The molecule has 0 atom stereocenters. The van der Waals surface area contributed by atoms with Crippen LogP contribution in [0.2, 0.25) is 0 Å². The van der Waals surface area contributed by atoms with Gasteiger partial charge in [-0.25, -0.2) is 0 Å². The fourth-order valence-electron chi connectivity index (χ4n) is 3.62. The summed E-state index contributed by atoms with van der Waals surface area (Å²) in [4.78, 5) is 13.7. The van der Waals surface area contributed by atoms with Crippen LogP contribution in [0.5, 0.6) is 5.75 Å². The minimum atomic E-state index is -0.129. The number of amides is 1. The van der Waals surface area contributed by atoms with Gasteiger partial charge >= 0.3 is 0 Å². The quantitative estimate of drug-likeness (QED) is 0.889. The summed E-state index contributed by atoms with van der Waals surface area (Å²) < 4.78 is 11.4. The predicted octanol–water partition coefficient (Wildman–Crippen LogP) is 1.10. The third-order valence-corrected chi connectivity index (χ3v) is 5.04. The Hall–Kier alpha value is -1.59. The molecule has 0 saturated carbocycles. The van der Waals surface area contributed by atoms with Crippen LogP contribution in [0.15, 0.2) is 18.2 Å². The van der Waals surface area contributed by atoms with Gasteiger partial charge in [0.15, 0.2) is 0 Å². The Morgan fingerprint density at radius 2 is 2.14 bits per heavy atom. The van der Waals surface area contributed by atoms with E-state index in [-0.39, 0.29) is 18.1 Å². The summed E-state index contributed by atoms with van der Waals surface area (Å²) in [5.41, 5.74) is 2.57. The van der Waals surface area contributed by atoms with Gasteiger partial charge in [-0.1, -0.05) is 12.1 Å². The van der Waals surface area contributed by atoms with Gasteiger partial charge in [0, 0.05) is 32.6 Å². The summed E-state index contributed by atoms with van der Waals surface area (Å²) in [6.07, 6.45) is 3.00. The number of ether oxygens (including phenoxy) is 2. The zero-order valence-corrected chi connectivity index (χ0v) is 12.8. The van der Waals surface area contributed by atoms with Crippen LogP contribution in [-0.2, 0) is 22.5 Å². The number of piperidine rings is 1. The van der Waals surface area contributed by atoms with Crippen LogP contribution in [0.3, 0.4) is 0 Å². The van der Waals surface area contributed by atoms with Crippen molar-refractivity contribution in [2.45, 2.75) is 31.4 Å². The molecule has 2 saturated heterocycles. The zero-order valence-electron chi connectivity index (χ0n) is 12.8. The highest BCUT2D eigenvalue weighted by atomic mass is 16.5. The number of carbonyl (C=O) groups excluding carboxylic acids is 1. The van der Waals surface area contributed by atoms with E-state index < -0.39 is 0 Å². The molecule has 5 heteroatoms. The molecule has 1 spiro atoms. The first-order chi connectivity index (χ1) is 10.7. The van der Waals surface area contributed by atoms with E-state index in [1.54, 1.807) is 0 Å². The monoisotopic (exact) mass is 302 g/mol. The Balaban J connectivity index is 1.35. The summed E-state index contributed by atoms with van der Waals surface area (Å²) in [6.45, 7) is 4.71. The lowest BCUT2D eigenvalue weighted by Crippen LogP contribution is -2.57. The fraction of sp³-hybridized carbons (Fsp3) is 0.588. The molecule has 3 aliphatic rings. The van der Waals surface area contributed by atoms with Crippen molar-refractivity contribution in [1.29, 1.82) is 0 Å². The van der Waals surface area contributed by atoms with E-state index in [9.17, 15) is 4.79 Å². The number of hydrogen-bond acceptors (Lipinski definition) is 4. The first-order valence-electron chi connectivity index (χ1n) is 8.10. The van der Waals surface area contributed by atoms with Crippen molar-refractivity contribution in [2.24, 2.45) is 0 Å². The van der Waals surface area contributed by atoms with Crippen molar-refractivity contribution in [3.05, 3.63) is 29.3 Å². The summed E-state index contributed by atoms with van der Waals surface area (Å²) in [5.74, 6) is 1.06. The van der Waals surface area contributed by atoms with Crippen LogP contribution < -0.4 is 10.1 Å². The molecule has 0 aromatic heterocycles. The second-order valence-corrected chi connectivity index (χ2v) is 6.57. The van der Waals surface area contributed by atoms with Gasteiger partial charge in [-0.15, -0.1) is 0 Å². The van der Waals surface area contributed by atoms with E-state index in [2.05, 4.69) is 28.4 Å². The van der Waals surface area contributed by atoms with Crippen LogP contribution in [0.1, 0.15) is 24.0 Å². The lowest BCUT2D eigenvalue weighted by atomic mass is 9.89. The van der Waals surface area contributed by atoms with Crippen molar-refractivity contribution in [1.82, 2.24) is 10.2 Å². The number of morpholine rings is 1. The molecule has 1 aromatic carbocycles. The first kappa shape index (κ1) is 14.0. The van der Waals surface area contributed by atoms with Gasteiger partial charge in [-0.05, 0) is 30.0 Å². The standard InChI is InChI=1S/C17H22N2O3/c20-16-11-22-17(12-18-16)4-6-19(7-5-17)10-13-1-2-15-14(9-13)3-8-21-15/h1-2,9H,3-8,10-12H2,(H,18,20). The number of nitrogens with one attached hydrogen (secondary N) is 1. The lowest BCUT2D eigenvalue weighted by molar-refractivity contribution is -0.150.